The summed E-state index contributed by atoms with van der Waals surface area (Å²) in [5, 5.41) is 3.88. The van der Waals surface area contributed by atoms with E-state index in [0.29, 0.717) is 18.7 Å². The van der Waals surface area contributed by atoms with Crippen LogP contribution in [0.2, 0.25) is 0 Å². The minimum atomic E-state index is 0.0191. The van der Waals surface area contributed by atoms with Crippen molar-refractivity contribution in [3.8, 4) is 0 Å². The van der Waals surface area contributed by atoms with Gasteiger partial charge in [-0.3, -0.25) is 4.79 Å². The Morgan fingerprint density at radius 2 is 1.80 bits per heavy atom. The molecule has 1 N–H and O–H groups in total. The minimum Gasteiger partial charge on any atom is -0.466 e. The zero-order valence-corrected chi connectivity index (χ0v) is 13.4. The molecule has 2 fully saturated rings. The smallest absolute Gasteiger partial charge is 0.308 e. The fourth-order valence-electron chi connectivity index (χ4n) is 3.82. The van der Waals surface area contributed by atoms with E-state index in [1.807, 2.05) is 6.92 Å². The molecule has 0 heterocycles. The average Bonchev–Trinajstić information content (AvgIpc) is 2.44. The molecule has 3 atom stereocenters. The zero-order chi connectivity index (χ0) is 14.5. The monoisotopic (exact) mass is 281 g/mol. The third-order valence-electron chi connectivity index (χ3n) is 5.25. The lowest BCUT2D eigenvalue weighted by Crippen LogP contribution is -2.46. The van der Waals surface area contributed by atoms with E-state index in [2.05, 4.69) is 19.2 Å². The van der Waals surface area contributed by atoms with Crippen molar-refractivity contribution in [2.24, 2.45) is 17.8 Å². The topological polar surface area (TPSA) is 38.3 Å². The van der Waals surface area contributed by atoms with E-state index in [-0.39, 0.29) is 11.9 Å². The Morgan fingerprint density at radius 1 is 1.10 bits per heavy atom. The molecule has 20 heavy (non-hydrogen) atoms. The van der Waals surface area contributed by atoms with Crippen LogP contribution in [0.4, 0.5) is 0 Å². The van der Waals surface area contributed by atoms with Gasteiger partial charge in [-0.05, 0) is 57.3 Å². The van der Waals surface area contributed by atoms with Gasteiger partial charge in [-0.15, -0.1) is 0 Å². The van der Waals surface area contributed by atoms with Gasteiger partial charge in [-0.2, -0.15) is 0 Å². The molecule has 0 aliphatic heterocycles. The lowest BCUT2D eigenvalue weighted by Gasteiger charge is -2.38. The molecular weight excluding hydrogens is 250 g/mol. The van der Waals surface area contributed by atoms with Crippen LogP contribution in [0.1, 0.15) is 65.7 Å². The van der Waals surface area contributed by atoms with Crippen molar-refractivity contribution in [3.05, 3.63) is 0 Å². The van der Waals surface area contributed by atoms with Crippen molar-refractivity contribution >= 4 is 5.97 Å². The van der Waals surface area contributed by atoms with Crippen LogP contribution in [-0.2, 0) is 9.53 Å². The zero-order valence-electron chi connectivity index (χ0n) is 13.4. The Kier molecular flexibility index (Phi) is 5.88. The van der Waals surface area contributed by atoms with Crippen molar-refractivity contribution in [1.82, 2.24) is 5.32 Å². The van der Waals surface area contributed by atoms with Gasteiger partial charge in [0.25, 0.3) is 0 Å². The van der Waals surface area contributed by atoms with Gasteiger partial charge in [0.1, 0.15) is 0 Å². The van der Waals surface area contributed by atoms with Crippen molar-refractivity contribution < 1.29 is 9.53 Å². The van der Waals surface area contributed by atoms with Crippen molar-refractivity contribution in [3.63, 3.8) is 0 Å². The molecule has 0 radical (unpaired) electrons. The molecule has 2 rings (SSSR count). The van der Waals surface area contributed by atoms with Gasteiger partial charge >= 0.3 is 5.97 Å². The summed E-state index contributed by atoms with van der Waals surface area (Å²) in [7, 11) is 0. The molecule has 0 amide bonds. The predicted octanol–water partition coefficient (Wildman–Crippen LogP) is 3.52. The van der Waals surface area contributed by atoms with Crippen LogP contribution >= 0.6 is 0 Å². The highest BCUT2D eigenvalue weighted by Crippen LogP contribution is 2.31. The quantitative estimate of drug-likeness (QED) is 0.801. The lowest BCUT2D eigenvalue weighted by atomic mass is 9.78. The van der Waals surface area contributed by atoms with Crippen molar-refractivity contribution in [2.45, 2.75) is 77.8 Å². The molecule has 116 valence electrons. The second-order valence-corrected chi connectivity index (χ2v) is 6.97. The first-order chi connectivity index (χ1) is 9.60. The summed E-state index contributed by atoms with van der Waals surface area (Å²) in [5.74, 6) is 1.83. The summed E-state index contributed by atoms with van der Waals surface area (Å²) in [6.45, 7) is 7.15. The van der Waals surface area contributed by atoms with Gasteiger partial charge in [0, 0.05) is 12.1 Å². The largest absolute Gasteiger partial charge is 0.466 e. The summed E-state index contributed by atoms with van der Waals surface area (Å²) in [6, 6.07) is 1.29. The molecule has 0 spiro atoms. The number of esters is 1. The summed E-state index contributed by atoms with van der Waals surface area (Å²) < 4.78 is 5.14. The molecule has 3 unspecified atom stereocenters. The maximum Gasteiger partial charge on any atom is 0.308 e. The van der Waals surface area contributed by atoms with Gasteiger partial charge in [-0.1, -0.05) is 20.3 Å². The number of nitrogens with one attached hydrogen (secondary N) is 1. The number of carbonyl (C=O) groups excluding carboxylic acids is 1. The van der Waals surface area contributed by atoms with E-state index in [1.165, 1.54) is 19.3 Å². The number of hydrogen-bond donors (Lipinski definition) is 1. The van der Waals surface area contributed by atoms with Crippen molar-refractivity contribution in [1.29, 1.82) is 0 Å². The summed E-state index contributed by atoms with van der Waals surface area (Å²) in [5.41, 5.74) is 0. The van der Waals surface area contributed by atoms with Crippen LogP contribution in [0.25, 0.3) is 0 Å². The van der Waals surface area contributed by atoms with E-state index in [0.717, 1.165) is 37.5 Å². The van der Waals surface area contributed by atoms with E-state index in [9.17, 15) is 4.79 Å². The Morgan fingerprint density at radius 3 is 2.45 bits per heavy atom. The fraction of sp³-hybridized carbons (Fsp3) is 0.941. The normalized spacial score (nSPS) is 38.5. The molecular formula is C17H31NO2. The Labute approximate surface area is 123 Å². The van der Waals surface area contributed by atoms with Crippen LogP contribution in [0.15, 0.2) is 0 Å². The van der Waals surface area contributed by atoms with Gasteiger partial charge in [-0.25, -0.2) is 0 Å². The minimum absolute atomic E-state index is 0.0191. The fourth-order valence-corrected chi connectivity index (χ4v) is 3.82. The van der Waals surface area contributed by atoms with Crippen LogP contribution in [0.5, 0.6) is 0 Å². The highest BCUT2D eigenvalue weighted by atomic mass is 16.5. The lowest BCUT2D eigenvalue weighted by molar-refractivity contribution is -0.149. The molecule has 2 saturated carbocycles. The molecule has 0 bridgehead atoms. The van der Waals surface area contributed by atoms with Crippen LogP contribution in [-0.4, -0.2) is 24.7 Å². The molecule has 0 aromatic heterocycles. The van der Waals surface area contributed by atoms with Crippen molar-refractivity contribution in [2.75, 3.05) is 6.61 Å². The van der Waals surface area contributed by atoms with E-state index < -0.39 is 0 Å². The third-order valence-corrected chi connectivity index (χ3v) is 5.25. The molecule has 3 heteroatoms. The number of ether oxygens (including phenoxy) is 1. The van der Waals surface area contributed by atoms with Gasteiger partial charge < -0.3 is 10.1 Å². The number of hydrogen-bond acceptors (Lipinski definition) is 3. The standard InChI is InChI=1S/C17H31NO2/c1-4-20-17(19)14-7-9-15(10-8-14)18-16-11-12(2)5-6-13(16)3/h12-16,18H,4-11H2,1-3H3. The Bertz CT molecular complexity index is 310. The predicted molar refractivity (Wildman–Crippen MR) is 81.5 cm³/mol. The van der Waals surface area contributed by atoms with E-state index in [4.69, 9.17) is 4.74 Å². The Hall–Kier alpha value is -0.570. The third kappa shape index (κ3) is 4.21. The maximum absolute atomic E-state index is 11.7. The first kappa shape index (κ1) is 15.8. The van der Waals surface area contributed by atoms with Crippen LogP contribution in [0.3, 0.4) is 0 Å². The molecule has 0 saturated heterocycles. The maximum atomic E-state index is 11.7. The van der Waals surface area contributed by atoms with E-state index in [1.54, 1.807) is 0 Å². The highest BCUT2D eigenvalue weighted by Gasteiger charge is 2.31. The first-order valence-electron chi connectivity index (χ1n) is 8.52. The van der Waals surface area contributed by atoms with Crippen LogP contribution < -0.4 is 5.32 Å². The SMILES string of the molecule is CCOC(=O)C1CCC(NC2CC(C)CCC2C)CC1. The first-order valence-corrected chi connectivity index (χ1v) is 8.52. The molecule has 0 aromatic rings. The second-order valence-electron chi connectivity index (χ2n) is 6.97. The summed E-state index contributed by atoms with van der Waals surface area (Å²) >= 11 is 0. The molecule has 2 aliphatic carbocycles. The summed E-state index contributed by atoms with van der Waals surface area (Å²) in [6.07, 6.45) is 8.30. The van der Waals surface area contributed by atoms with E-state index >= 15 is 0 Å². The van der Waals surface area contributed by atoms with Crippen LogP contribution in [0, 0.1) is 17.8 Å². The van der Waals surface area contributed by atoms with Gasteiger partial charge in [0.05, 0.1) is 12.5 Å². The van der Waals surface area contributed by atoms with Gasteiger partial charge in [0.2, 0.25) is 0 Å². The Balaban J connectivity index is 1.75. The molecule has 2 aliphatic rings. The van der Waals surface area contributed by atoms with Gasteiger partial charge in [0.15, 0.2) is 0 Å². The summed E-state index contributed by atoms with van der Waals surface area (Å²) in [4.78, 5) is 11.7. The number of rotatable bonds is 4. The highest BCUT2D eigenvalue weighted by molar-refractivity contribution is 5.72. The second kappa shape index (κ2) is 7.44. The average molecular weight is 281 g/mol. The molecule has 0 aromatic carbocycles. The number of carbonyl (C=O) groups is 1. The molecule has 3 nitrogen and oxygen atoms in total.